The molecule has 36 heavy (non-hydrogen) atoms. The third-order valence-corrected chi connectivity index (χ3v) is 5.76. The fourth-order valence-corrected chi connectivity index (χ4v) is 4.17. The molecule has 2 aromatic carbocycles. The second kappa shape index (κ2) is 12.2. The molecule has 3 aromatic rings. The van der Waals surface area contributed by atoms with E-state index in [1.807, 2.05) is 6.92 Å². The number of methoxy groups -OCH3 is 1. The number of hydrogen-bond acceptors (Lipinski definition) is 5. The van der Waals surface area contributed by atoms with Crippen molar-refractivity contribution in [1.82, 2.24) is 15.2 Å². The lowest BCUT2D eigenvalue weighted by molar-refractivity contribution is -0.274. The number of aromatic nitrogens is 1. The Morgan fingerprint density at radius 3 is 2.31 bits per heavy atom. The molecule has 8 nitrogen and oxygen atoms in total. The number of rotatable bonds is 9. The van der Waals surface area contributed by atoms with Gasteiger partial charge in [-0.2, -0.15) is 4.99 Å². The summed E-state index contributed by atoms with van der Waals surface area (Å²) in [7, 11) is 1.53. The van der Waals surface area contributed by atoms with Gasteiger partial charge in [0.2, 0.25) is 0 Å². The normalized spacial score (nSPS) is 11.8. The van der Waals surface area contributed by atoms with Crippen LogP contribution in [0.1, 0.15) is 23.7 Å². The van der Waals surface area contributed by atoms with Gasteiger partial charge in [-0.3, -0.25) is 4.79 Å². The highest BCUT2D eigenvalue weighted by molar-refractivity contribution is 7.07. The van der Waals surface area contributed by atoms with E-state index in [0.717, 1.165) is 0 Å². The molecule has 12 heteroatoms. The van der Waals surface area contributed by atoms with Crippen molar-refractivity contribution in [2.75, 3.05) is 20.2 Å². The molecule has 0 aliphatic heterocycles. The van der Waals surface area contributed by atoms with Crippen LogP contribution in [0.2, 0.25) is 0 Å². The lowest BCUT2D eigenvalue weighted by Gasteiger charge is -2.12. The van der Waals surface area contributed by atoms with E-state index in [1.165, 1.54) is 42.7 Å². The molecule has 1 heterocycles. The second-order valence-electron chi connectivity index (χ2n) is 7.41. The van der Waals surface area contributed by atoms with Crippen LogP contribution in [0.3, 0.4) is 0 Å². The van der Waals surface area contributed by atoms with E-state index in [9.17, 15) is 22.8 Å². The number of benzene rings is 2. The molecular weight excluding hydrogens is 497 g/mol. The summed E-state index contributed by atoms with van der Waals surface area (Å²) in [6.07, 6.45) is -4.26. The average Bonchev–Trinajstić information content (AvgIpc) is 3.23. The van der Waals surface area contributed by atoms with Gasteiger partial charge in [0.25, 0.3) is 5.91 Å². The zero-order valence-corrected chi connectivity index (χ0v) is 20.4. The molecule has 0 aliphatic rings. The summed E-state index contributed by atoms with van der Waals surface area (Å²) >= 11 is 1.23. The fourth-order valence-electron chi connectivity index (χ4n) is 3.24. The van der Waals surface area contributed by atoms with Gasteiger partial charge in [0, 0.05) is 30.6 Å². The largest absolute Gasteiger partial charge is 0.573 e. The van der Waals surface area contributed by atoms with Gasteiger partial charge < -0.3 is 24.7 Å². The molecular formula is C24H25F3N4O4S. The maximum atomic E-state index is 12.8. The van der Waals surface area contributed by atoms with E-state index in [-0.39, 0.29) is 11.8 Å². The Balaban J connectivity index is 1.88. The monoisotopic (exact) mass is 522 g/mol. The number of hydrogen-bond donors (Lipinski definition) is 2. The average molecular weight is 523 g/mol. The molecule has 0 spiro atoms. The highest BCUT2D eigenvalue weighted by atomic mass is 32.1. The predicted molar refractivity (Wildman–Crippen MR) is 129 cm³/mol. The van der Waals surface area contributed by atoms with Crippen molar-refractivity contribution < 1.29 is 32.2 Å². The molecule has 0 radical (unpaired) electrons. The minimum atomic E-state index is -4.78. The Morgan fingerprint density at radius 2 is 1.69 bits per heavy atom. The first-order valence-electron chi connectivity index (χ1n) is 11.0. The highest BCUT2D eigenvalue weighted by Crippen LogP contribution is 2.27. The summed E-state index contributed by atoms with van der Waals surface area (Å²) in [6.45, 7) is 3.09. The standard InChI is InChI=1S/C24H25F3N4O4S/c1-3-28-22(33)29-13-4-14-31-20(16-5-11-19(12-6-16)35-24(25,26)27)15-36-23(31)30-21(32)17-7-9-18(34-2)10-8-17/h5-12,15H,3-4,13-14H2,1-2H3,(H2,28,29,33). The van der Waals surface area contributed by atoms with Gasteiger partial charge in [-0.1, -0.05) is 0 Å². The first-order chi connectivity index (χ1) is 17.2. The van der Waals surface area contributed by atoms with Crippen LogP contribution >= 0.6 is 11.3 Å². The third-order valence-electron chi connectivity index (χ3n) is 4.90. The summed E-state index contributed by atoms with van der Waals surface area (Å²) in [5, 5.41) is 7.16. The molecule has 2 N–H and O–H groups in total. The van der Waals surface area contributed by atoms with Crippen LogP contribution in [-0.4, -0.2) is 43.1 Å². The Bertz CT molecular complexity index is 1240. The van der Waals surface area contributed by atoms with Crippen molar-refractivity contribution >= 4 is 23.3 Å². The lowest BCUT2D eigenvalue weighted by atomic mass is 10.1. The first-order valence-corrected chi connectivity index (χ1v) is 11.9. The smallest absolute Gasteiger partial charge is 0.497 e. The molecule has 0 saturated carbocycles. The third kappa shape index (κ3) is 7.60. The van der Waals surface area contributed by atoms with Crippen LogP contribution in [0.25, 0.3) is 11.3 Å². The number of thiazole rings is 1. The van der Waals surface area contributed by atoms with Crippen molar-refractivity contribution in [3.63, 3.8) is 0 Å². The van der Waals surface area contributed by atoms with E-state index in [0.29, 0.717) is 53.4 Å². The summed E-state index contributed by atoms with van der Waals surface area (Å²) in [5.74, 6) is -0.175. The molecule has 3 amide bonds. The quantitative estimate of drug-likeness (QED) is 0.403. The summed E-state index contributed by atoms with van der Waals surface area (Å²) in [5.41, 5.74) is 1.66. The molecule has 1 aromatic heterocycles. The van der Waals surface area contributed by atoms with Crippen molar-refractivity contribution in [3.05, 3.63) is 64.3 Å². The number of amides is 3. The molecule has 0 unspecified atom stereocenters. The Hall–Kier alpha value is -3.80. The summed E-state index contributed by atoms with van der Waals surface area (Å²) in [6, 6.07) is 11.7. The number of ether oxygens (including phenoxy) is 2. The second-order valence-corrected chi connectivity index (χ2v) is 8.25. The van der Waals surface area contributed by atoms with Gasteiger partial charge in [0.1, 0.15) is 11.5 Å². The number of nitrogens with one attached hydrogen (secondary N) is 2. The van der Waals surface area contributed by atoms with Gasteiger partial charge in [-0.05, 0) is 67.4 Å². The van der Waals surface area contributed by atoms with Crippen LogP contribution in [0.4, 0.5) is 18.0 Å². The Kier molecular flexibility index (Phi) is 9.12. The predicted octanol–water partition coefficient (Wildman–Crippen LogP) is 4.57. The topological polar surface area (TPSA) is 94.0 Å². The van der Waals surface area contributed by atoms with E-state index >= 15 is 0 Å². The first kappa shape index (κ1) is 26.8. The number of halogens is 3. The number of alkyl halides is 3. The van der Waals surface area contributed by atoms with Gasteiger partial charge in [0.05, 0.1) is 12.8 Å². The van der Waals surface area contributed by atoms with Gasteiger partial charge >= 0.3 is 12.4 Å². The van der Waals surface area contributed by atoms with E-state index in [4.69, 9.17) is 4.74 Å². The number of carbonyl (C=O) groups is 2. The zero-order valence-electron chi connectivity index (χ0n) is 19.6. The van der Waals surface area contributed by atoms with Crippen LogP contribution in [0.5, 0.6) is 11.5 Å². The van der Waals surface area contributed by atoms with Crippen LogP contribution in [0.15, 0.2) is 58.9 Å². The van der Waals surface area contributed by atoms with Crippen LogP contribution < -0.4 is 24.9 Å². The minimum Gasteiger partial charge on any atom is -0.497 e. The molecule has 3 rings (SSSR count). The Labute approximate surface area is 209 Å². The van der Waals surface area contributed by atoms with Gasteiger partial charge in [0.15, 0.2) is 4.80 Å². The highest BCUT2D eigenvalue weighted by Gasteiger charge is 2.31. The molecule has 0 atom stereocenters. The molecule has 192 valence electrons. The van der Waals surface area contributed by atoms with Crippen molar-refractivity contribution in [2.45, 2.75) is 26.3 Å². The Morgan fingerprint density at radius 1 is 1.03 bits per heavy atom. The van der Waals surface area contributed by atoms with Crippen molar-refractivity contribution in [3.8, 4) is 22.8 Å². The number of urea groups is 1. The molecule has 0 fully saturated rings. The summed E-state index contributed by atoms with van der Waals surface area (Å²) in [4.78, 5) is 29.1. The van der Waals surface area contributed by atoms with Gasteiger partial charge in [-0.25, -0.2) is 4.79 Å². The minimum absolute atomic E-state index is 0.284. The lowest BCUT2D eigenvalue weighted by Crippen LogP contribution is -2.36. The van der Waals surface area contributed by atoms with E-state index in [2.05, 4.69) is 20.4 Å². The number of carbonyl (C=O) groups excluding carboxylic acids is 2. The maximum absolute atomic E-state index is 12.8. The van der Waals surface area contributed by atoms with Gasteiger partial charge in [-0.15, -0.1) is 24.5 Å². The summed E-state index contributed by atoms with van der Waals surface area (Å²) < 4.78 is 48.4. The van der Waals surface area contributed by atoms with Crippen molar-refractivity contribution in [2.24, 2.45) is 4.99 Å². The molecule has 0 saturated heterocycles. The van der Waals surface area contributed by atoms with E-state index < -0.39 is 12.3 Å². The molecule has 0 aliphatic carbocycles. The van der Waals surface area contributed by atoms with E-state index in [1.54, 1.807) is 34.2 Å². The molecule has 0 bridgehead atoms. The van der Waals surface area contributed by atoms with Crippen LogP contribution in [0, 0.1) is 0 Å². The van der Waals surface area contributed by atoms with Crippen LogP contribution in [-0.2, 0) is 6.54 Å². The fraction of sp³-hybridized carbons (Fsp3) is 0.292. The SMILES string of the molecule is CCNC(=O)NCCCn1c(-c2ccc(OC(F)(F)F)cc2)csc1=NC(=O)c1ccc(OC)cc1. The maximum Gasteiger partial charge on any atom is 0.573 e. The number of nitrogens with zero attached hydrogens (tertiary/aromatic N) is 2. The zero-order chi connectivity index (χ0) is 26.1. The van der Waals surface area contributed by atoms with Crippen molar-refractivity contribution in [1.29, 1.82) is 0 Å².